The molecule has 106 valence electrons. The summed E-state index contributed by atoms with van der Waals surface area (Å²) in [5, 5.41) is 0. The molecule has 0 heterocycles. The molecule has 0 amide bonds. The van der Waals surface area contributed by atoms with Crippen LogP contribution in [-0.2, 0) is 20.9 Å². The highest BCUT2D eigenvalue weighted by Gasteiger charge is 2.02. The lowest BCUT2D eigenvalue weighted by Crippen LogP contribution is -2.03. The van der Waals surface area contributed by atoms with Crippen LogP contribution in [-0.4, -0.2) is 19.2 Å². The lowest BCUT2D eigenvalue weighted by molar-refractivity contribution is -0.143. The van der Waals surface area contributed by atoms with Gasteiger partial charge in [0.25, 0.3) is 0 Å². The van der Waals surface area contributed by atoms with Crippen LogP contribution in [0.3, 0.4) is 0 Å². The quantitative estimate of drug-likeness (QED) is 0.508. The molecule has 0 aliphatic rings. The third kappa shape index (κ3) is 6.91. The molecule has 0 fully saturated rings. The summed E-state index contributed by atoms with van der Waals surface area (Å²) in [6.07, 6.45) is 3.05. The van der Waals surface area contributed by atoms with Crippen molar-refractivity contribution in [3.8, 4) is 0 Å². The first-order valence-electron chi connectivity index (χ1n) is 6.70. The van der Waals surface area contributed by atoms with Gasteiger partial charge in [-0.25, -0.2) is 4.39 Å². The van der Waals surface area contributed by atoms with Gasteiger partial charge in [-0.2, -0.15) is 0 Å². The van der Waals surface area contributed by atoms with Crippen LogP contribution in [0.5, 0.6) is 0 Å². The van der Waals surface area contributed by atoms with Gasteiger partial charge in [-0.05, 0) is 25.8 Å². The first-order valence-corrected chi connectivity index (χ1v) is 6.70. The van der Waals surface area contributed by atoms with Crippen molar-refractivity contribution >= 4 is 5.97 Å². The molecule has 4 heteroatoms. The fourth-order valence-electron chi connectivity index (χ4n) is 1.68. The third-order valence-electron chi connectivity index (χ3n) is 2.69. The molecule has 19 heavy (non-hydrogen) atoms. The number of halogens is 1. The van der Waals surface area contributed by atoms with E-state index in [2.05, 4.69) is 0 Å². The Labute approximate surface area is 113 Å². The second-order valence-corrected chi connectivity index (χ2v) is 4.26. The fraction of sp³-hybridized carbons (Fsp3) is 0.533. The highest BCUT2D eigenvalue weighted by atomic mass is 19.1. The van der Waals surface area contributed by atoms with E-state index in [4.69, 9.17) is 9.47 Å². The van der Waals surface area contributed by atoms with E-state index in [0.29, 0.717) is 31.8 Å². The summed E-state index contributed by atoms with van der Waals surface area (Å²) < 4.78 is 23.5. The smallest absolute Gasteiger partial charge is 0.305 e. The average Bonchev–Trinajstić information content (AvgIpc) is 2.40. The van der Waals surface area contributed by atoms with Crippen molar-refractivity contribution in [3.05, 3.63) is 35.6 Å². The van der Waals surface area contributed by atoms with Gasteiger partial charge in [0.2, 0.25) is 0 Å². The highest BCUT2D eigenvalue weighted by molar-refractivity contribution is 5.69. The summed E-state index contributed by atoms with van der Waals surface area (Å²) in [6.45, 7) is 3.11. The van der Waals surface area contributed by atoms with E-state index < -0.39 is 0 Å². The molecule has 0 atom stereocenters. The number of rotatable bonds is 9. The summed E-state index contributed by atoms with van der Waals surface area (Å²) in [5.41, 5.74) is 0.578. The molecule has 0 unspecified atom stereocenters. The number of unbranched alkanes of at least 4 members (excludes halogenated alkanes) is 2. The maximum Gasteiger partial charge on any atom is 0.305 e. The number of hydrogen-bond donors (Lipinski definition) is 0. The normalized spacial score (nSPS) is 10.4. The maximum absolute atomic E-state index is 13.2. The standard InChI is InChI=1S/C15H21FO3/c1-2-19-15(17)10-4-3-7-11-18-12-13-8-5-6-9-14(13)16/h5-6,8-9H,2-4,7,10-12H2,1H3. The fourth-order valence-corrected chi connectivity index (χ4v) is 1.68. The molecule has 3 nitrogen and oxygen atoms in total. The Morgan fingerprint density at radius 3 is 2.74 bits per heavy atom. The minimum Gasteiger partial charge on any atom is -0.466 e. The van der Waals surface area contributed by atoms with Crippen molar-refractivity contribution in [2.45, 2.75) is 39.2 Å². The van der Waals surface area contributed by atoms with E-state index in [9.17, 15) is 9.18 Å². The van der Waals surface area contributed by atoms with Crippen molar-refractivity contribution < 1.29 is 18.7 Å². The third-order valence-corrected chi connectivity index (χ3v) is 2.69. The van der Waals surface area contributed by atoms with Crippen molar-refractivity contribution in [1.29, 1.82) is 0 Å². The van der Waals surface area contributed by atoms with Crippen molar-refractivity contribution in [2.75, 3.05) is 13.2 Å². The number of esters is 1. The van der Waals surface area contributed by atoms with Gasteiger partial charge in [0.15, 0.2) is 0 Å². The highest BCUT2D eigenvalue weighted by Crippen LogP contribution is 2.08. The molecule has 0 spiro atoms. The van der Waals surface area contributed by atoms with Gasteiger partial charge in [0, 0.05) is 18.6 Å². The Morgan fingerprint density at radius 1 is 1.21 bits per heavy atom. The molecular formula is C15H21FO3. The first kappa shape index (κ1) is 15.6. The van der Waals surface area contributed by atoms with Crippen LogP contribution in [0.4, 0.5) is 4.39 Å². The minimum absolute atomic E-state index is 0.144. The Bertz CT molecular complexity index is 379. The Kier molecular flexibility index (Phi) is 7.82. The molecule has 1 aromatic carbocycles. The van der Waals surface area contributed by atoms with E-state index >= 15 is 0 Å². The zero-order valence-electron chi connectivity index (χ0n) is 11.4. The lowest BCUT2D eigenvalue weighted by atomic mass is 10.2. The van der Waals surface area contributed by atoms with E-state index in [1.807, 2.05) is 0 Å². The maximum atomic E-state index is 13.2. The van der Waals surface area contributed by atoms with Crippen molar-refractivity contribution in [3.63, 3.8) is 0 Å². The molecular weight excluding hydrogens is 247 g/mol. The second kappa shape index (κ2) is 9.50. The molecule has 0 aliphatic carbocycles. The van der Waals surface area contributed by atoms with Crippen molar-refractivity contribution in [1.82, 2.24) is 0 Å². The van der Waals surface area contributed by atoms with Gasteiger partial charge in [-0.15, -0.1) is 0 Å². The van der Waals surface area contributed by atoms with Gasteiger partial charge in [-0.1, -0.05) is 24.6 Å². The van der Waals surface area contributed by atoms with Gasteiger partial charge < -0.3 is 9.47 Å². The van der Waals surface area contributed by atoms with Crippen LogP contribution >= 0.6 is 0 Å². The van der Waals surface area contributed by atoms with Crippen molar-refractivity contribution in [2.24, 2.45) is 0 Å². The average molecular weight is 268 g/mol. The number of benzene rings is 1. The lowest BCUT2D eigenvalue weighted by Gasteiger charge is -2.05. The van der Waals surface area contributed by atoms with Crippen LogP contribution in [0.1, 0.15) is 38.2 Å². The molecule has 0 N–H and O–H groups in total. The molecule has 0 aliphatic heterocycles. The number of hydrogen-bond acceptors (Lipinski definition) is 3. The van der Waals surface area contributed by atoms with E-state index in [1.54, 1.807) is 25.1 Å². The van der Waals surface area contributed by atoms with Gasteiger partial charge >= 0.3 is 5.97 Å². The Hall–Kier alpha value is -1.42. The number of carbonyl (C=O) groups is 1. The molecule has 0 aromatic heterocycles. The molecule has 1 aromatic rings. The molecule has 1 rings (SSSR count). The SMILES string of the molecule is CCOC(=O)CCCCCOCc1ccccc1F. The number of ether oxygens (including phenoxy) is 2. The van der Waals surface area contributed by atoms with Crippen LogP contribution in [0.2, 0.25) is 0 Å². The van der Waals surface area contributed by atoms with Crippen LogP contribution < -0.4 is 0 Å². The summed E-state index contributed by atoms with van der Waals surface area (Å²) in [7, 11) is 0. The van der Waals surface area contributed by atoms with E-state index in [-0.39, 0.29) is 11.8 Å². The Morgan fingerprint density at radius 2 is 2.00 bits per heavy atom. The molecule has 0 bridgehead atoms. The van der Waals surface area contributed by atoms with E-state index in [1.165, 1.54) is 6.07 Å². The molecule has 0 radical (unpaired) electrons. The largest absolute Gasteiger partial charge is 0.466 e. The summed E-state index contributed by atoms with van der Waals surface area (Å²) in [5.74, 6) is -0.375. The summed E-state index contributed by atoms with van der Waals surface area (Å²) in [4.78, 5) is 11.1. The predicted octanol–water partition coefficient (Wildman–Crippen LogP) is 3.47. The number of carbonyl (C=O) groups excluding carboxylic acids is 1. The van der Waals surface area contributed by atoms with Gasteiger partial charge in [-0.3, -0.25) is 4.79 Å². The van der Waals surface area contributed by atoms with Gasteiger partial charge in [0.1, 0.15) is 5.82 Å². The summed E-state index contributed by atoms with van der Waals surface area (Å²) in [6, 6.07) is 6.60. The van der Waals surface area contributed by atoms with Crippen LogP contribution in [0, 0.1) is 5.82 Å². The predicted molar refractivity (Wildman–Crippen MR) is 71.2 cm³/mol. The zero-order chi connectivity index (χ0) is 13.9. The summed E-state index contributed by atoms with van der Waals surface area (Å²) >= 11 is 0. The molecule has 0 saturated carbocycles. The van der Waals surface area contributed by atoms with Crippen LogP contribution in [0.15, 0.2) is 24.3 Å². The van der Waals surface area contributed by atoms with E-state index in [0.717, 1.165) is 19.3 Å². The second-order valence-electron chi connectivity index (χ2n) is 4.26. The first-order chi connectivity index (χ1) is 9.24. The monoisotopic (exact) mass is 268 g/mol. The zero-order valence-corrected chi connectivity index (χ0v) is 11.4. The van der Waals surface area contributed by atoms with Crippen LogP contribution in [0.25, 0.3) is 0 Å². The molecule has 0 saturated heterocycles. The Balaban J connectivity index is 2.00. The van der Waals surface area contributed by atoms with Gasteiger partial charge in [0.05, 0.1) is 13.2 Å². The minimum atomic E-state index is -0.232. The topological polar surface area (TPSA) is 35.5 Å².